The first-order valence-electron chi connectivity index (χ1n) is 5.00. The molecule has 0 radical (unpaired) electrons. The van der Waals surface area contributed by atoms with Crippen LogP contribution in [0.25, 0.3) is 0 Å². The maximum absolute atomic E-state index is 11.5. The van der Waals surface area contributed by atoms with Gasteiger partial charge >= 0.3 is 0 Å². The van der Waals surface area contributed by atoms with Gasteiger partial charge in [-0.3, -0.25) is 0 Å². The second kappa shape index (κ2) is 6.17. The molecule has 0 aliphatic carbocycles. The van der Waals surface area contributed by atoms with Crippen LogP contribution in [0.1, 0.15) is 17.3 Å². The van der Waals surface area contributed by atoms with Gasteiger partial charge in [0.1, 0.15) is 0 Å². The predicted octanol–water partition coefficient (Wildman–Crippen LogP) is 3.32. The third-order valence-electron chi connectivity index (χ3n) is 2.29. The van der Waals surface area contributed by atoms with E-state index in [-0.39, 0.29) is 21.2 Å². The van der Waals surface area contributed by atoms with E-state index in [2.05, 4.69) is 31.9 Å². The normalized spacial score (nSPS) is 15.7. The van der Waals surface area contributed by atoms with Gasteiger partial charge in [-0.05, 0) is 5.56 Å². The van der Waals surface area contributed by atoms with Crippen molar-refractivity contribution in [1.82, 2.24) is 0 Å². The van der Waals surface area contributed by atoms with Crippen LogP contribution in [0, 0.1) is 0 Å². The van der Waals surface area contributed by atoms with E-state index in [1.54, 1.807) is 6.92 Å². The molecule has 0 amide bonds. The Labute approximate surface area is 114 Å². The Morgan fingerprint density at radius 2 is 1.75 bits per heavy atom. The SMILES string of the molecule is CCS(=O)(=O)CC(Br)C(Br)c1ccccc1. The van der Waals surface area contributed by atoms with Crippen molar-refractivity contribution in [3.05, 3.63) is 35.9 Å². The molecule has 0 bridgehead atoms. The minimum Gasteiger partial charge on any atom is -0.229 e. The molecule has 90 valence electrons. The maximum Gasteiger partial charge on any atom is 0.151 e. The molecule has 2 unspecified atom stereocenters. The summed E-state index contributed by atoms with van der Waals surface area (Å²) in [6.45, 7) is 1.67. The Hall–Kier alpha value is 0.130. The van der Waals surface area contributed by atoms with Gasteiger partial charge in [-0.1, -0.05) is 69.1 Å². The van der Waals surface area contributed by atoms with E-state index in [0.717, 1.165) is 5.56 Å². The number of benzene rings is 1. The van der Waals surface area contributed by atoms with Crippen LogP contribution < -0.4 is 0 Å². The van der Waals surface area contributed by atoms with Crippen molar-refractivity contribution in [2.24, 2.45) is 0 Å². The zero-order valence-electron chi connectivity index (χ0n) is 8.94. The molecule has 0 aliphatic rings. The summed E-state index contributed by atoms with van der Waals surface area (Å²) >= 11 is 6.95. The van der Waals surface area contributed by atoms with Crippen LogP contribution in [0.3, 0.4) is 0 Å². The highest BCUT2D eigenvalue weighted by molar-refractivity contribution is 9.12. The summed E-state index contributed by atoms with van der Waals surface area (Å²) in [5, 5.41) is 0. The molecule has 1 rings (SSSR count). The first kappa shape index (κ1) is 14.2. The summed E-state index contributed by atoms with van der Waals surface area (Å²) in [5.74, 6) is 0.331. The van der Waals surface area contributed by atoms with Gasteiger partial charge < -0.3 is 0 Å². The van der Waals surface area contributed by atoms with Gasteiger partial charge in [-0.2, -0.15) is 0 Å². The summed E-state index contributed by atoms with van der Waals surface area (Å²) < 4.78 is 23.0. The van der Waals surface area contributed by atoms with Gasteiger partial charge in [0.2, 0.25) is 0 Å². The van der Waals surface area contributed by atoms with Crippen molar-refractivity contribution in [3.8, 4) is 0 Å². The number of hydrogen-bond donors (Lipinski definition) is 0. The molecular formula is C11H14Br2O2S. The van der Waals surface area contributed by atoms with Crippen LogP contribution >= 0.6 is 31.9 Å². The monoisotopic (exact) mass is 368 g/mol. The zero-order valence-corrected chi connectivity index (χ0v) is 12.9. The average molecular weight is 370 g/mol. The molecular weight excluding hydrogens is 356 g/mol. The third-order valence-corrected chi connectivity index (χ3v) is 7.19. The van der Waals surface area contributed by atoms with Crippen molar-refractivity contribution in [1.29, 1.82) is 0 Å². The van der Waals surface area contributed by atoms with Crippen molar-refractivity contribution in [2.75, 3.05) is 11.5 Å². The molecule has 0 spiro atoms. The topological polar surface area (TPSA) is 34.1 Å². The van der Waals surface area contributed by atoms with E-state index in [1.165, 1.54) is 0 Å². The van der Waals surface area contributed by atoms with Crippen molar-refractivity contribution < 1.29 is 8.42 Å². The van der Waals surface area contributed by atoms with E-state index in [4.69, 9.17) is 0 Å². The average Bonchev–Trinajstić information content (AvgIpc) is 2.28. The standard InChI is InChI=1S/C11H14Br2O2S/c1-2-16(14,15)8-10(12)11(13)9-6-4-3-5-7-9/h3-7,10-11H,2,8H2,1H3. The minimum absolute atomic E-state index is 0.00928. The lowest BCUT2D eigenvalue weighted by Crippen LogP contribution is -2.21. The largest absolute Gasteiger partial charge is 0.229 e. The van der Waals surface area contributed by atoms with Crippen molar-refractivity contribution in [2.45, 2.75) is 16.6 Å². The first-order valence-corrected chi connectivity index (χ1v) is 8.65. The van der Waals surface area contributed by atoms with Crippen molar-refractivity contribution in [3.63, 3.8) is 0 Å². The lowest BCUT2D eigenvalue weighted by Gasteiger charge is -2.16. The van der Waals surface area contributed by atoms with Crippen molar-refractivity contribution >= 4 is 41.7 Å². The number of rotatable bonds is 5. The summed E-state index contributed by atoms with van der Waals surface area (Å²) in [5.41, 5.74) is 1.08. The number of sulfone groups is 1. The lowest BCUT2D eigenvalue weighted by molar-refractivity contribution is 0.595. The molecule has 2 atom stereocenters. The van der Waals surface area contributed by atoms with Crippen LogP contribution in [0.4, 0.5) is 0 Å². The molecule has 0 heterocycles. The highest BCUT2D eigenvalue weighted by atomic mass is 79.9. The molecule has 0 aromatic heterocycles. The number of halogens is 2. The Balaban J connectivity index is 2.72. The fraction of sp³-hybridized carbons (Fsp3) is 0.455. The number of hydrogen-bond acceptors (Lipinski definition) is 2. The molecule has 0 N–H and O–H groups in total. The third kappa shape index (κ3) is 4.18. The van der Waals surface area contributed by atoms with E-state index < -0.39 is 9.84 Å². The van der Waals surface area contributed by atoms with Crippen LogP contribution in [0.15, 0.2) is 30.3 Å². The van der Waals surface area contributed by atoms with E-state index in [1.807, 2.05) is 30.3 Å². The highest BCUT2D eigenvalue weighted by Crippen LogP contribution is 2.31. The molecule has 1 aromatic rings. The molecule has 2 nitrogen and oxygen atoms in total. The Bertz CT molecular complexity index is 417. The van der Waals surface area contributed by atoms with Crippen LogP contribution in [0.5, 0.6) is 0 Å². The highest BCUT2D eigenvalue weighted by Gasteiger charge is 2.23. The molecule has 0 fully saturated rings. The molecule has 16 heavy (non-hydrogen) atoms. The smallest absolute Gasteiger partial charge is 0.151 e. The maximum atomic E-state index is 11.5. The molecule has 0 aliphatic heterocycles. The lowest BCUT2D eigenvalue weighted by atomic mass is 10.1. The second-order valence-electron chi connectivity index (χ2n) is 3.53. The molecule has 0 saturated heterocycles. The molecule has 0 saturated carbocycles. The van der Waals surface area contributed by atoms with Crippen LogP contribution in [0.2, 0.25) is 0 Å². The Kier molecular flexibility index (Phi) is 5.47. The number of alkyl halides is 2. The summed E-state index contributed by atoms with van der Waals surface area (Å²) in [6, 6.07) is 9.78. The van der Waals surface area contributed by atoms with Gasteiger partial charge in [0, 0.05) is 10.6 Å². The van der Waals surface area contributed by atoms with Gasteiger partial charge in [-0.25, -0.2) is 8.42 Å². The van der Waals surface area contributed by atoms with Crippen LogP contribution in [-0.2, 0) is 9.84 Å². The van der Waals surface area contributed by atoms with Gasteiger partial charge in [0.25, 0.3) is 0 Å². The fourth-order valence-electron chi connectivity index (χ4n) is 1.29. The van der Waals surface area contributed by atoms with Gasteiger partial charge in [0.05, 0.1) is 10.6 Å². The summed E-state index contributed by atoms with van der Waals surface area (Å²) in [6.07, 6.45) is 0. The van der Waals surface area contributed by atoms with E-state index in [9.17, 15) is 8.42 Å². The molecule has 1 aromatic carbocycles. The van der Waals surface area contributed by atoms with E-state index in [0.29, 0.717) is 0 Å². The van der Waals surface area contributed by atoms with E-state index >= 15 is 0 Å². The Morgan fingerprint density at radius 1 is 1.19 bits per heavy atom. The Morgan fingerprint density at radius 3 is 2.25 bits per heavy atom. The first-order chi connectivity index (χ1) is 7.46. The molecule has 5 heteroatoms. The predicted molar refractivity (Wildman–Crippen MR) is 75.2 cm³/mol. The zero-order chi connectivity index (χ0) is 12.2. The fourth-order valence-corrected chi connectivity index (χ4v) is 4.46. The summed E-state index contributed by atoms with van der Waals surface area (Å²) in [7, 11) is -2.95. The quantitative estimate of drug-likeness (QED) is 0.746. The van der Waals surface area contributed by atoms with Crippen LogP contribution in [-0.4, -0.2) is 24.8 Å². The summed E-state index contributed by atoms with van der Waals surface area (Å²) in [4.78, 5) is -0.102. The minimum atomic E-state index is -2.95. The second-order valence-corrected chi connectivity index (χ2v) is 8.09. The van der Waals surface area contributed by atoms with Gasteiger partial charge in [-0.15, -0.1) is 0 Å². The van der Waals surface area contributed by atoms with Gasteiger partial charge in [0.15, 0.2) is 9.84 Å².